The Labute approximate surface area is 187 Å². The van der Waals surface area contributed by atoms with Crippen molar-refractivity contribution in [1.29, 1.82) is 0 Å². The first-order valence-electron chi connectivity index (χ1n) is 10.5. The highest BCUT2D eigenvalue weighted by atomic mass is 32.1. The smallest absolute Gasteiger partial charge is 0.286 e. The first-order valence-corrected chi connectivity index (χ1v) is 11.3. The second-order valence-electron chi connectivity index (χ2n) is 7.67. The van der Waals surface area contributed by atoms with Crippen LogP contribution in [0.15, 0.2) is 54.6 Å². The maximum atomic E-state index is 12.3. The van der Waals surface area contributed by atoms with Crippen molar-refractivity contribution in [2.75, 3.05) is 5.32 Å². The number of aromatic nitrogens is 2. The summed E-state index contributed by atoms with van der Waals surface area (Å²) in [7, 11) is 0. The molecular formula is C24H28N4O2S. The van der Waals surface area contributed by atoms with Crippen LogP contribution >= 0.6 is 11.3 Å². The molecule has 1 heterocycles. The Morgan fingerprint density at radius 2 is 1.74 bits per heavy atom. The van der Waals surface area contributed by atoms with E-state index in [1.807, 2.05) is 56.3 Å². The monoisotopic (exact) mass is 436 g/mol. The van der Waals surface area contributed by atoms with Gasteiger partial charge in [-0.3, -0.25) is 9.59 Å². The average molecular weight is 437 g/mol. The van der Waals surface area contributed by atoms with Gasteiger partial charge in [-0.2, -0.15) is 0 Å². The van der Waals surface area contributed by atoms with E-state index in [1.54, 1.807) is 0 Å². The van der Waals surface area contributed by atoms with Crippen molar-refractivity contribution >= 4 is 28.8 Å². The van der Waals surface area contributed by atoms with Gasteiger partial charge in [-0.1, -0.05) is 59.4 Å². The van der Waals surface area contributed by atoms with Gasteiger partial charge in [0.15, 0.2) is 0 Å². The van der Waals surface area contributed by atoms with Crippen molar-refractivity contribution < 1.29 is 9.59 Å². The second kappa shape index (κ2) is 11.4. The highest BCUT2D eigenvalue weighted by Gasteiger charge is 2.14. The molecule has 0 aliphatic carbocycles. The van der Waals surface area contributed by atoms with Gasteiger partial charge in [0.1, 0.15) is 5.01 Å². The lowest BCUT2D eigenvalue weighted by atomic mass is 10.1. The van der Waals surface area contributed by atoms with E-state index in [2.05, 4.69) is 33.0 Å². The third-order valence-corrected chi connectivity index (χ3v) is 5.86. The number of carbonyl (C=O) groups is 2. The van der Waals surface area contributed by atoms with E-state index in [0.29, 0.717) is 24.3 Å². The third-order valence-electron chi connectivity index (χ3n) is 4.88. The summed E-state index contributed by atoms with van der Waals surface area (Å²) < 4.78 is 0. The largest absolute Gasteiger partial charge is 0.354 e. The number of hydrogen-bond acceptors (Lipinski definition) is 5. The predicted octanol–water partition coefficient (Wildman–Crippen LogP) is 4.56. The van der Waals surface area contributed by atoms with Crippen LogP contribution in [0.5, 0.6) is 0 Å². The van der Waals surface area contributed by atoms with Crippen molar-refractivity contribution in [2.24, 2.45) is 0 Å². The van der Waals surface area contributed by atoms with Crippen LogP contribution in [0.3, 0.4) is 0 Å². The fourth-order valence-corrected chi connectivity index (χ4v) is 3.89. The summed E-state index contributed by atoms with van der Waals surface area (Å²) >= 11 is 1.27. The van der Waals surface area contributed by atoms with Gasteiger partial charge >= 0.3 is 0 Å². The molecule has 31 heavy (non-hydrogen) atoms. The minimum absolute atomic E-state index is 0.0439. The molecule has 0 radical (unpaired) electrons. The zero-order valence-electron chi connectivity index (χ0n) is 17.9. The minimum Gasteiger partial charge on any atom is -0.354 e. The van der Waals surface area contributed by atoms with Crippen molar-refractivity contribution in [2.45, 2.75) is 52.0 Å². The van der Waals surface area contributed by atoms with Crippen molar-refractivity contribution in [3.05, 3.63) is 75.7 Å². The van der Waals surface area contributed by atoms with E-state index in [-0.39, 0.29) is 17.9 Å². The molecule has 0 aliphatic heterocycles. The van der Waals surface area contributed by atoms with Gasteiger partial charge in [-0.05, 0) is 50.8 Å². The molecule has 7 heteroatoms. The van der Waals surface area contributed by atoms with E-state index >= 15 is 0 Å². The molecule has 162 valence electrons. The maximum Gasteiger partial charge on any atom is 0.286 e. The van der Waals surface area contributed by atoms with Crippen LogP contribution < -0.4 is 10.6 Å². The molecule has 0 bridgehead atoms. The van der Waals surface area contributed by atoms with Crippen LogP contribution in [-0.4, -0.2) is 28.1 Å². The first-order chi connectivity index (χ1) is 15.0. The van der Waals surface area contributed by atoms with Gasteiger partial charge in [0.25, 0.3) is 5.91 Å². The van der Waals surface area contributed by atoms with E-state index in [4.69, 9.17) is 0 Å². The van der Waals surface area contributed by atoms with Crippen LogP contribution in [0, 0.1) is 6.92 Å². The summed E-state index contributed by atoms with van der Waals surface area (Å²) in [4.78, 5) is 24.5. The Morgan fingerprint density at radius 1 is 1.00 bits per heavy atom. The first kappa shape index (κ1) is 22.6. The van der Waals surface area contributed by atoms with Crippen molar-refractivity contribution in [1.82, 2.24) is 15.5 Å². The fourth-order valence-electron chi connectivity index (χ4n) is 3.12. The van der Waals surface area contributed by atoms with Gasteiger partial charge in [0, 0.05) is 24.6 Å². The number of rotatable bonds is 10. The van der Waals surface area contributed by atoms with Crippen LogP contribution in [0.4, 0.5) is 5.69 Å². The molecule has 3 rings (SSSR count). The summed E-state index contributed by atoms with van der Waals surface area (Å²) in [6.45, 7) is 4.03. The Bertz CT molecular complexity index is 986. The fraction of sp³-hybridized carbons (Fsp3) is 0.333. The number of carbonyl (C=O) groups excluding carboxylic acids is 2. The van der Waals surface area contributed by atoms with Gasteiger partial charge < -0.3 is 10.6 Å². The van der Waals surface area contributed by atoms with E-state index in [0.717, 1.165) is 29.1 Å². The molecule has 6 nitrogen and oxygen atoms in total. The van der Waals surface area contributed by atoms with Gasteiger partial charge in [-0.25, -0.2) is 0 Å². The Morgan fingerprint density at radius 3 is 2.48 bits per heavy atom. The summed E-state index contributed by atoms with van der Waals surface area (Å²) in [6.07, 6.45) is 3.58. The molecule has 3 aromatic rings. The molecule has 2 amide bonds. The molecule has 1 aromatic heterocycles. The topological polar surface area (TPSA) is 84.0 Å². The highest BCUT2D eigenvalue weighted by Crippen LogP contribution is 2.16. The summed E-state index contributed by atoms with van der Waals surface area (Å²) in [5.74, 6) is -0.222. The molecule has 0 saturated heterocycles. The molecule has 0 fully saturated rings. The van der Waals surface area contributed by atoms with Crippen LogP contribution in [0.1, 0.15) is 52.1 Å². The zero-order valence-corrected chi connectivity index (χ0v) is 18.7. The molecule has 0 spiro atoms. The average Bonchev–Trinajstić information content (AvgIpc) is 3.24. The minimum atomic E-state index is -0.266. The Hall–Kier alpha value is -3.06. The van der Waals surface area contributed by atoms with E-state index < -0.39 is 0 Å². The summed E-state index contributed by atoms with van der Waals surface area (Å²) in [6, 6.07) is 18.0. The number of aryl methyl sites for hydroxylation is 3. The predicted molar refractivity (Wildman–Crippen MR) is 124 cm³/mol. The van der Waals surface area contributed by atoms with E-state index in [1.165, 1.54) is 16.9 Å². The number of nitrogens with zero attached hydrogens (tertiary/aromatic N) is 2. The number of benzene rings is 2. The molecule has 0 unspecified atom stereocenters. The normalized spacial score (nSPS) is 11.7. The second-order valence-corrected chi connectivity index (χ2v) is 8.73. The highest BCUT2D eigenvalue weighted by molar-refractivity contribution is 7.13. The summed E-state index contributed by atoms with van der Waals surface area (Å²) in [5.41, 5.74) is 3.14. The number of hydrogen-bond donors (Lipinski definition) is 2. The molecular weight excluding hydrogens is 408 g/mol. The molecule has 2 aromatic carbocycles. The Kier molecular flexibility index (Phi) is 8.29. The molecule has 2 N–H and O–H groups in total. The SMILES string of the molecule is Cc1ccc(NC(=O)c2nnc(CCCC(=O)N[C@@H](C)CCc3ccccc3)s2)cc1. The lowest BCUT2D eigenvalue weighted by Gasteiger charge is -2.13. The van der Waals surface area contributed by atoms with Crippen LogP contribution in [0.25, 0.3) is 0 Å². The molecule has 0 aliphatic rings. The molecule has 1 atom stereocenters. The van der Waals surface area contributed by atoms with Crippen molar-refractivity contribution in [3.8, 4) is 0 Å². The third kappa shape index (κ3) is 7.61. The molecule has 0 saturated carbocycles. The zero-order chi connectivity index (χ0) is 22.1. The lowest BCUT2D eigenvalue weighted by molar-refractivity contribution is -0.121. The van der Waals surface area contributed by atoms with Crippen LogP contribution in [0.2, 0.25) is 0 Å². The van der Waals surface area contributed by atoms with Crippen LogP contribution in [-0.2, 0) is 17.6 Å². The van der Waals surface area contributed by atoms with E-state index in [9.17, 15) is 9.59 Å². The van der Waals surface area contributed by atoms with Gasteiger partial charge in [-0.15, -0.1) is 10.2 Å². The standard InChI is InChI=1S/C24H28N4O2S/c1-17-11-15-20(16-12-17)26-23(30)24-28-27-22(31-24)10-6-9-21(29)25-18(2)13-14-19-7-4-3-5-8-19/h3-5,7-8,11-12,15-16,18H,6,9-10,13-14H2,1-2H3,(H,25,29)(H,26,30)/t18-/m0/s1. The summed E-state index contributed by atoms with van der Waals surface area (Å²) in [5, 5.41) is 15.0. The van der Waals surface area contributed by atoms with Gasteiger partial charge in [0.05, 0.1) is 0 Å². The lowest BCUT2D eigenvalue weighted by Crippen LogP contribution is -2.32. The van der Waals surface area contributed by atoms with Gasteiger partial charge in [0.2, 0.25) is 10.9 Å². The quantitative estimate of drug-likeness (QED) is 0.488. The van der Waals surface area contributed by atoms with Crippen molar-refractivity contribution in [3.63, 3.8) is 0 Å². The number of anilines is 1. The Balaban J connectivity index is 1.36. The number of nitrogens with one attached hydrogen (secondary N) is 2. The number of amides is 2. The maximum absolute atomic E-state index is 12.3.